The normalized spacial score (nSPS) is 10.7. The highest BCUT2D eigenvalue weighted by Crippen LogP contribution is 2.19. The number of nitrogens with zero attached hydrogens (tertiary/aromatic N) is 3. The van der Waals surface area contributed by atoms with Gasteiger partial charge >= 0.3 is 0 Å². The van der Waals surface area contributed by atoms with E-state index in [4.69, 9.17) is 0 Å². The summed E-state index contributed by atoms with van der Waals surface area (Å²) in [5.41, 5.74) is 3.19. The number of amides is 1. The van der Waals surface area contributed by atoms with E-state index in [9.17, 15) is 4.79 Å². The number of carbonyl (C=O) groups is 1. The standard InChI is InChI=1S/C21H24N4OS/c1-3-25-19(14-13-17-10-5-4-6-11-17)23-24-21(25)27-15-20(26)22-18-12-8-7-9-16(18)2/h4-12H,3,13-15H2,1-2H3,(H,22,26). The van der Waals surface area contributed by atoms with Crippen molar-refractivity contribution < 1.29 is 4.79 Å². The number of aromatic nitrogens is 3. The molecule has 3 aromatic rings. The molecule has 27 heavy (non-hydrogen) atoms. The van der Waals surface area contributed by atoms with Crippen molar-refractivity contribution >= 4 is 23.4 Å². The minimum Gasteiger partial charge on any atom is -0.325 e. The summed E-state index contributed by atoms with van der Waals surface area (Å²) in [6.07, 6.45) is 1.76. The molecule has 0 saturated heterocycles. The number of rotatable bonds is 8. The van der Waals surface area contributed by atoms with Gasteiger partial charge in [-0.15, -0.1) is 10.2 Å². The summed E-state index contributed by atoms with van der Waals surface area (Å²) in [7, 11) is 0. The van der Waals surface area contributed by atoms with Crippen LogP contribution in [0.1, 0.15) is 23.9 Å². The van der Waals surface area contributed by atoms with Crippen LogP contribution in [-0.4, -0.2) is 26.4 Å². The van der Waals surface area contributed by atoms with Gasteiger partial charge in [-0.05, 0) is 37.5 Å². The molecule has 0 bridgehead atoms. The first-order valence-electron chi connectivity index (χ1n) is 9.11. The maximum absolute atomic E-state index is 12.3. The van der Waals surface area contributed by atoms with Gasteiger partial charge in [-0.3, -0.25) is 4.79 Å². The molecule has 0 spiro atoms. The second kappa shape index (κ2) is 9.37. The van der Waals surface area contributed by atoms with Crippen molar-refractivity contribution in [3.05, 3.63) is 71.5 Å². The largest absolute Gasteiger partial charge is 0.325 e. The Morgan fingerprint density at radius 1 is 1.04 bits per heavy atom. The van der Waals surface area contributed by atoms with Crippen molar-refractivity contribution in [2.45, 2.75) is 38.4 Å². The molecule has 0 unspecified atom stereocenters. The van der Waals surface area contributed by atoms with E-state index in [2.05, 4.69) is 39.1 Å². The summed E-state index contributed by atoms with van der Waals surface area (Å²) >= 11 is 1.42. The second-order valence-corrected chi connectivity index (χ2v) is 7.22. The van der Waals surface area contributed by atoms with Crippen LogP contribution in [-0.2, 0) is 24.2 Å². The van der Waals surface area contributed by atoms with Gasteiger partial charge in [-0.25, -0.2) is 0 Å². The quantitative estimate of drug-likeness (QED) is 0.597. The molecule has 0 atom stereocenters. The third-order valence-corrected chi connectivity index (χ3v) is 5.31. The number of benzene rings is 2. The summed E-state index contributed by atoms with van der Waals surface area (Å²) in [5, 5.41) is 12.4. The number of thioether (sulfide) groups is 1. The van der Waals surface area contributed by atoms with Crippen LogP contribution in [0.15, 0.2) is 59.8 Å². The van der Waals surface area contributed by atoms with Crippen molar-refractivity contribution in [1.82, 2.24) is 14.8 Å². The molecule has 0 radical (unpaired) electrons. The monoisotopic (exact) mass is 380 g/mol. The zero-order valence-corrected chi connectivity index (χ0v) is 16.5. The van der Waals surface area contributed by atoms with Crippen molar-refractivity contribution in [2.24, 2.45) is 0 Å². The van der Waals surface area contributed by atoms with Gasteiger partial charge in [0.05, 0.1) is 5.75 Å². The molecule has 5 nitrogen and oxygen atoms in total. The Hall–Kier alpha value is -2.60. The van der Waals surface area contributed by atoms with E-state index >= 15 is 0 Å². The average molecular weight is 381 g/mol. The van der Waals surface area contributed by atoms with Gasteiger partial charge in [0, 0.05) is 18.7 Å². The van der Waals surface area contributed by atoms with Crippen molar-refractivity contribution in [3.8, 4) is 0 Å². The molecular formula is C21H24N4OS. The molecule has 0 saturated carbocycles. The second-order valence-electron chi connectivity index (χ2n) is 6.28. The number of nitrogens with one attached hydrogen (secondary N) is 1. The highest BCUT2D eigenvalue weighted by atomic mass is 32.2. The van der Waals surface area contributed by atoms with E-state index in [0.717, 1.165) is 41.6 Å². The predicted octanol–water partition coefficient (Wildman–Crippen LogP) is 4.12. The van der Waals surface area contributed by atoms with Gasteiger partial charge in [-0.1, -0.05) is 60.3 Å². The van der Waals surface area contributed by atoms with Gasteiger partial charge in [0.15, 0.2) is 5.16 Å². The molecule has 0 aliphatic carbocycles. The molecule has 140 valence electrons. The van der Waals surface area contributed by atoms with Gasteiger partial charge in [0.1, 0.15) is 5.82 Å². The molecule has 3 rings (SSSR count). The first-order valence-corrected chi connectivity index (χ1v) is 10.1. The number of anilines is 1. The lowest BCUT2D eigenvalue weighted by Gasteiger charge is -2.09. The molecule has 1 aromatic heterocycles. The molecular weight excluding hydrogens is 356 g/mol. The van der Waals surface area contributed by atoms with Crippen molar-refractivity contribution in [2.75, 3.05) is 11.1 Å². The molecule has 0 aliphatic heterocycles. The number of carbonyl (C=O) groups excluding carboxylic acids is 1. The Morgan fingerprint density at radius 2 is 1.78 bits per heavy atom. The van der Waals surface area contributed by atoms with Crippen LogP contribution in [0.2, 0.25) is 0 Å². The summed E-state index contributed by atoms with van der Waals surface area (Å²) < 4.78 is 2.09. The fraction of sp³-hybridized carbons (Fsp3) is 0.286. The highest BCUT2D eigenvalue weighted by molar-refractivity contribution is 7.99. The molecule has 1 heterocycles. The SMILES string of the molecule is CCn1c(CCc2ccccc2)nnc1SCC(=O)Nc1ccccc1C. The average Bonchev–Trinajstić information content (AvgIpc) is 3.09. The van der Waals surface area contributed by atoms with E-state index in [1.54, 1.807) is 0 Å². The Bertz CT molecular complexity index is 892. The van der Waals surface area contributed by atoms with Crippen LogP contribution in [0.25, 0.3) is 0 Å². The minimum absolute atomic E-state index is 0.0363. The molecule has 2 aromatic carbocycles. The predicted molar refractivity (Wildman–Crippen MR) is 110 cm³/mol. The van der Waals surface area contributed by atoms with Crippen LogP contribution in [0, 0.1) is 6.92 Å². The summed E-state index contributed by atoms with van der Waals surface area (Å²) in [5.74, 6) is 1.24. The summed E-state index contributed by atoms with van der Waals surface area (Å²) in [6, 6.07) is 18.1. The summed E-state index contributed by atoms with van der Waals surface area (Å²) in [6.45, 7) is 4.85. The smallest absolute Gasteiger partial charge is 0.234 e. The molecule has 1 amide bonds. The fourth-order valence-electron chi connectivity index (χ4n) is 2.86. The van der Waals surface area contributed by atoms with Gasteiger partial charge < -0.3 is 9.88 Å². The zero-order chi connectivity index (χ0) is 19.1. The number of aryl methyl sites for hydroxylation is 3. The van der Waals surface area contributed by atoms with Crippen LogP contribution >= 0.6 is 11.8 Å². The maximum Gasteiger partial charge on any atom is 0.234 e. The third-order valence-electron chi connectivity index (χ3n) is 4.34. The first-order chi connectivity index (χ1) is 13.2. The first kappa shape index (κ1) is 19.2. The zero-order valence-electron chi connectivity index (χ0n) is 15.7. The maximum atomic E-state index is 12.3. The van der Waals surface area contributed by atoms with Crippen LogP contribution < -0.4 is 5.32 Å². The topological polar surface area (TPSA) is 59.8 Å². The minimum atomic E-state index is -0.0363. The summed E-state index contributed by atoms with van der Waals surface area (Å²) in [4.78, 5) is 12.3. The van der Waals surface area contributed by atoms with E-state index in [0.29, 0.717) is 5.75 Å². The van der Waals surface area contributed by atoms with Crippen LogP contribution in [0.5, 0.6) is 0 Å². The lowest BCUT2D eigenvalue weighted by molar-refractivity contribution is -0.113. The Kier molecular flexibility index (Phi) is 6.65. The van der Waals surface area contributed by atoms with Crippen LogP contribution in [0.3, 0.4) is 0 Å². The molecule has 0 fully saturated rings. The molecule has 1 N–H and O–H groups in total. The van der Waals surface area contributed by atoms with Gasteiger partial charge in [0.25, 0.3) is 0 Å². The van der Waals surface area contributed by atoms with Gasteiger partial charge in [0.2, 0.25) is 5.91 Å². The van der Waals surface area contributed by atoms with E-state index in [1.165, 1.54) is 17.3 Å². The van der Waals surface area contributed by atoms with E-state index in [-0.39, 0.29) is 5.91 Å². The molecule has 0 aliphatic rings. The van der Waals surface area contributed by atoms with Crippen LogP contribution in [0.4, 0.5) is 5.69 Å². The number of para-hydroxylation sites is 1. The Labute approximate surface area is 164 Å². The van der Waals surface area contributed by atoms with Crippen molar-refractivity contribution in [1.29, 1.82) is 0 Å². The lowest BCUT2D eigenvalue weighted by atomic mass is 10.1. The number of hydrogen-bond acceptors (Lipinski definition) is 4. The highest BCUT2D eigenvalue weighted by Gasteiger charge is 2.13. The van der Waals surface area contributed by atoms with Gasteiger partial charge in [-0.2, -0.15) is 0 Å². The number of hydrogen-bond donors (Lipinski definition) is 1. The Balaban J connectivity index is 1.58. The third kappa shape index (κ3) is 5.20. The fourth-order valence-corrected chi connectivity index (χ4v) is 3.68. The Morgan fingerprint density at radius 3 is 2.52 bits per heavy atom. The van der Waals surface area contributed by atoms with E-state index < -0.39 is 0 Å². The lowest BCUT2D eigenvalue weighted by Crippen LogP contribution is -2.15. The van der Waals surface area contributed by atoms with E-state index in [1.807, 2.05) is 49.4 Å². The van der Waals surface area contributed by atoms with Crippen molar-refractivity contribution in [3.63, 3.8) is 0 Å². The molecule has 6 heteroatoms.